The molecule has 1 nitrogen and oxygen atoms in total. The lowest BCUT2D eigenvalue weighted by Crippen LogP contribution is -2.37. The summed E-state index contributed by atoms with van der Waals surface area (Å²) in [5, 5.41) is 0. The Morgan fingerprint density at radius 1 is 1.28 bits per heavy atom. The Morgan fingerprint density at radius 3 is 2.39 bits per heavy atom. The van der Waals surface area contributed by atoms with Crippen LogP contribution >= 0.6 is 12.6 Å². The van der Waals surface area contributed by atoms with E-state index in [2.05, 4.69) is 50.7 Å². The van der Waals surface area contributed by atoms with E-state index < -0.39 is 0 Å². The summed E-state index contributed by atoms with van der Waals surface area (Å²) < 4.78 is 5.92. The summed E-state index contributed by atoms with van der Waals surface area (Å²) in [7, 11) is 0. The summed E-state index contributed by atoms with van der Waals surface area (Å²) in [6, 6.07) is 8.59. The molecule has 0 radical (unpaired) electrons. The topological polar surface area (TPSA) is 9.23 Å². The first kappa shape index (κ1) is 13.8. The van der Waals surface area contributed by atoms with Gasteiger partial charge >= 0.3 is 0 Å². The van der Waals surface area contributed by atoms with Crippen molar-refractivity contribution in [3.05, 3.63) is 29.8 Å². The molecule has 0 N–H and O–H groups in total. The van der Waals surface area contributed by atoms with Crippen LogP contribution in [-0.2, 0) is 0 Å². The first-order valence-corrected chi connectivity index (χ1v) is 7.66. The molecular weight excluding hydrogens is 240 g/mol. The molecule has 0 amide bonds. The Balaban J connectivity index is 1.90. The van der Waals surface area contributed by atoms with Crippen LogP contribution in [0.15, 0.2) is 24.3 Å². The zero-order valence-corrected chi connectivity index (χ0v) is 12.4. The molecule has 2 heteroatoms. The quantitative estimate of drug-likeness (QED) is 0.734. The number of benzene rings is 1. The third-order valence-electron chi connectivity index (χ3n) is 4.36. The van der Waals surface area contributed by atoms with Crippen LogP contribution < -0.4 is 4.74 Å². The lowest BCUT2D eigenvalue weighted by molar-refractivity contribution is 0.0829. The monoisotopic (exact) mass is 264 g/mol. The molecule has 100 valence electrons. The smallest absolute Gasteiger partial charge is 0.119 e. The normalized spacial score (nSPS) is 19.1. The van der Waals surface area contributed by atoms with Crippen LogP contribution in [0, 0.1) is 5.41 Å². The van der Waals surface area contributed by atoms with E-state index in [9.17, 15) is 0 Å². The van der Waals surface area contributed by atoms with Crippen LogP contribution in [0.2, 0.25) is 0 Å². The van der Waals surface area contributed by atoms with Gasteiger partial charge in [0, 0.05) is 5.41 Å². The molecule has 2 rings (SSSR count). The maximum absolute atomic E-state index is 5.92. The second-order valence-electron chi connectivity index (χ2n) is 5.68. The highest BCUT2D eigenvalue weighted by molar-refractivity contribution is 7.80. The summed E-state index contributed by atoms with van der Waals surface area (Å²) in [6.45, 7) is 5.31. The van der Waals surface area contributed by atoms with Gasteiger partial charge in [-0.25, -0.2) is 0 Å². The number of hydrogen-bond donors (Lipinski definition) is 1. The average molecular weight is 264 g/mol. The van der Waals surface area contributed by atoms with Crippen molar-refractivity contribution < 1.29 is 4.74 Å². The van der Waals surface area contributed by atoms with Gasteiger partial charge in [0.05, 0.1) is 6.61 Å². The van der Waals surface area contributed by atoms with Crippen LogP contribution in [0.25, 0.3) is 0 Å². The fraction of sp³-hybridized carbons (Fsp3) is 0.625. The van der Waals surface area contributed by atoms with Gasteiger partial charge in [0.25, 0.3) is 0 Å². The standard InChI is InChI=1S/C16H24OS/c1-3-13(2)14-5-7-15(8-6-14)17-11-16(12-18)9-4-10-16/h5-8,13,18H,3-4,9-12H2,1-2H3. The molecule has 1 aromatic rings. The Morgan fingerprint density at radius 2 is 1.94 bits per heavy atom. The van der Waals surface area contributed by atoms with E-state index >= 15 is 0 Å². The average Bonchev–Trinajstić information content (AvgIpc) is 2.38. The van der Waals surface area contributed by atoms with Crippen LogP contribution in [0.1, 0.15) is 51.0 Å². The molecular formula is C16H24OS. The van der Waals surface area contributed by atoms with Crippen molar-refractivity contribution in [1.29, 1.82) is 0 Å². The summed E-state index contributed by atoms with van der Waals surface area (Å²) in [5.41, 5.74) is 1.75. The van der Waals surface area contributed by atoms with E-state index in [1.165, 1.54) is 31.2 Å². The van der Waals surface area contributed by atoms with E-state index in [0.717, 1.165) is 18.1 Å². The maximum Gasteiger partial charge on any atom is 0.119 e. The SMILES string of the molecule is CCC(C)c1ccc(OCC2(CS)CCC2)cc1. The molecule has 0 spiro atoms. The van der Waals surface area contributed by atoms with Crippen molar-refractivity contribution in [1.82, 2.24) is 0 Å². The minimum atomic E-state index is 0.346. The minimum absolute atomic E-state index is 0.346. The summed E-state index contributed by atoms with van der Waals surface area (Å²) >= 11 is 4.45. The molecule has 1 saturated carbocycles. The van der Waals surface area contributed by atoms with Gasteiger partial charge in [-0.15, -0.1) is 0 Å². The first-order chi connectivity index (χ1) is 8.69. The molecule has 0 aromatic heterocycles. The molecule has 18 heavy (non-hydrogen) atoms. The van der Waals surface area contributed by atoms with E-state index in [-0.39, 0.29) is 0 Å². The van der Waals surface area contributed by atoms with E-state index in [1.54, 1.807) is 0 Å². The van der Waals surface area contributed by atoms with Crippen molar-refractivity contribution >= 4 is 12.6 Å². The Kier molecular flexibility index (Phi) is 4.60. The molecule has 0 saturated heterocycles. The summed E-state index contributed by atoms with van der Waals surface area (Å²) in [5.74, 6) is 2.57. The maximum atomic E-state index is 5.92. The lowest BCUT2D eigenvalue weighted by atomic mass is 9.71. The summed E-state index contributed by atoms with van der Waals surface area (Å²) in [4.78, 5) is 0. The molecule has 1 fully saturated rings. The van der Waals surface area contributed by atoms with E-state index in [0.29, 0.717) is 11.3 Å². The molecule has 1 aromatic carbocycles. The van der Waals surface area contributed by atoms with E-state index in [4.69, 9.17) is 4.74 Å². The lowest BCUT2D eigenvalue weighted by Gasteiger charge is -2.40. The van der Waals surface area contributed by atoms with Crippen molar-refractivity contribution in [2.24, 2.45) is 5.41 Å². The Hall–Kier alpha value is -0.630. The first-order valence-electron chi connectivity index (χ1n) is 7.03. The fourth-order valence-corrected chi connectivity index (χ4v) is 2.80. The molecule has 0 bridgehead atoms. The number of thiol groups is 1. The second-order valence-corrected chi connectivity index (χ2v) is 5.99. The van der Waals surface area contributed by atoms with Crippen molar-refractivity contribution in [2.75, 3.05) is 12.4 Å². The van der Waals surface area contributed by atoms with Gasteiger partial charge in [-0.05, 0) is 48.6 Å². The number of rotatable bonds is 6. The Labute approximate surface area is 116 Å². The van der Waals surface area contributed by atoms with Crippen LogP contribution in [0.3, 0.4) is 0 Å². The third kappa shape index (κ3) is 3.03. The second kappa shape index (κ2) is 6.01. The van der Waals surface area contributed by atoms with Gasteiger partial charge in [-0.1, -0.05) is 32.4 Å². The highest BCUT2D eigenvalue weighted by Gasteiger charge is 2.36. The molecule has 1 atom stereocenters. The van der Waals surface area contributed by atoms with Gasteiger partial charge in [0.2, 0.25) is 0 Å². The van der Waals surface area contributed by atoms with Gasteiger partial charge in [-0.2, -0.15) is 12.6 Å². The Bertz CT molecular complexity index is 362. The van der Waals surface area contributed by atoms with Crippen LogP contribution in [0.4, 0.5) is 0 Å². The number of ether oxygens (including phenoxy) is 1. The largest absolute Gasteiger partial charge is 0.493 e. The van der Waals surface area contributed by atoms with Crippen LogP contribution in [0.5, 0.6) is 5.75 Å². The molecule has 0 aliphatic heterocycles. The summed E-state index contributed by atoms with van der Waals surface area (Å²) in [6.07, 6.45) is 5.04. The minimum Gasteiger partial charge on any atom is -0.493 e. The van der Waals surface area contributed by atoms with Crippen molar-refractivity contribution in [3.63, 3.8) is 0 Å². The van der Waals surface area contributed by atoms with Gasteiger partial charge in [0.1, 0.15) is 5.75 Å². The third-order valence-corrected chi connectivity index (χ3v) is 5.03. The highest BCUT2D eigenvalue weighted by Crippen LogP contribution is 2.42. The molecule has 1 aliphatic carbocycles. The molecule has 0 heterocycles. The van der Waals surface area contributed by atoms with Gasteiger partial charge in [0.15, 0.2) is 0 Å². The number of hydrogen-bond acceptors (Lipinski definition) is 2. The highest BCUT2D eigenvalue weighted by atomic mass is 32.1. The van der Waals surface area contributed by atoms with Crippen LogP contribution in [-0.4, -0.2) is 12.4 Å². The predicted molar refractivity (Wildman–Crippen MR) is 80.8 cm³/mol. The van der Waals surface area contributed by atoms with Gasteiger partial charge in [-0.3, -0.25) is 0 Å². The predicted octanol–water partition coefficient (Wildman–Crippen LogP) is 4.68. The zero-order chi connectivity index (χ0) is 13.0. The van der Waals surface area contributed by atoms with Crippen molar-refractivity contribution in [3.8, 4) is 5.75 Å². The molecule has 1 aliphatic rings. The van der Waals surface area contributed by atoms with Crippen molar-refractivity contribution in [2.45, 2.75) is 45.4 Å². The van der Waals surface area contributed by atoms with E-state index in [1.807, 2.05) is 0 Å². The molecule has 1 unspecified atom stereocenters. The zero-order valence-electron chi connectivity index (χ0n) is 11.5. The van der Waals surface area contributed by atoms with Gasteiger partial charge < -0.3 is 4.74 Å². The fourth-order valence-electron chi connectivity index (χ4n) is 2.39.